The van der Waals surface area contributed by atoms with E-state index in [1.54, 1.807) is 23.6 Å². The molecule has 0 spiro atoms. The zero-order chi connectivity index (χ0) is 13.9. The van der Waals surface area contributed by atoms with E-state index in [0.29, 0.717) is 0 Å². The number of rotatable bonds is 3. The predicted molar refractivity (Wildman–Crippen MR) is 80.8 cm³/mol. The number of hydrogen-bond donors (Lipinski definition) is 0. The topological polar surface area (TPSA) is 40.8 Å². The van der Waals surface area contributed by atoms with E-state index in [4.69, 9.17) is 0 Å². The first-order chi connectivity index (χ1) is 9.78. The number of aromatic nitrogens is 2. The van der Waals surface area contributed by atoms with Crippen molar-refractivity contribution >= 4 is 28.3 Å². The van der Waals surface area contributed by atoms with Crippen LogP contribution in [-0.2, 0) is 4.79 Å². The van der Waals surface area contributed by atoms with Crippen LogP contribution in [0.2, 0.25) is 0 Å². The summed E-state index contributed by atoms with van der Waals surface area (Å²) in [4.78, 5) is 21.7. The zero-order valence-corrected chi connectivity index (χ0v) is 12.3. The van der Waals surface area contributed by atoms with Crippen LogP contribution in [0.25, 0.3) is 11.0 Å². The lowest BCUT2D eigenvalue weighted by atomic mass is 10.3. The smallest absolute Gasteiger partial charge is 0.246 e. The van der Waals surface area contributed by atoms with Gasteiger partial charge in [-0.2, -0.15) is 0 Å². The number of imidazole rings is 1. The number of carbonyl (C=O) groups excluding carboxylic acids is 1. The summed E-state index contributed by atoms with van der Waals surface area (Å²) in [6.45, 7) is 6.79. The van der Waals surface area contributed by atoms with Crippen molar-refractivity contribution in [3.05, 3.63) is 29.5 Å². The number of likely N-dealkylation sites (N-methyl/N-ethyl adjacent to an activating group) is 1. The summed E-state index contributed by atoms with van der Waals surface area (Å²) in [5, 5.41) is 1.99. The van der Waals surface area contributed by atoms with Gasteiger partial charge >= 0.3 is 0 Å². The average Bonchev–Trinajstić information content (AvgIpc) is 3.08. The highest BCUT2D eigenvalue weighted by atomic mass is 32.1. The summed E-state index contributed by atoms with van der Waals surface area (Å²) >= 11 is 1.59. The van der Waals surface area contributed by atoms with Crippen LogP contribution in [0.3, 0.4) is 0 Å². The fourth-order valence-electron chi connectivity index (χ4n) is 2.42. The molecule has 3 heterocycles. The van der Waals surface area contributed by atoms with Gasteiger partial charge in [-0.3, -0.25) is 9.20 Å². The standard InChI is InChI=1S/C14H18N4OS/c1-2-16-5-7-17(8-6-16)13(19)4-3-12-11-15-14-18(12)9-10-20-14/h3-4,9-11H,2,5-8H2,1H3/b4-3+. The average molecular weight is 290 g/mol. The largest absolute Gasteiger partial charge is 0.337 e. The Kier molecular flexibility index (Phi) is 3.84. The summed E-state index contributed by atoms with van der Waals surface area (Å²) in [6.07, 6.45) is 7.27. The number of thiazole rings is 1. The second-order valence-corrected chi connectivity index (χ2v) is 5.70. The molecule has 1 fully saturated rings. The van der Waals surface area contributed by atoms with E-state index >= 15 is 0 Å². The molecule has 0 atom stereocenters. The second kappa shape index (κ2) is 5.76. The highest BCUT2D eigenvalue weighted by molar-refractivity contribution is 7.15. The molecule has 2 aromatic rings. The van der Waals surface area contributed by atoms with Gasteiger partial charge in [0.05, 0.1) is 11.9 Å². The highest BCUT2D eigenvalue weighted by Crippen LogP contribution is 2.14. The first-order valence-electron chi connectivity index (χ1n) is 6.88. The van der Waals surface area contributed by atoms with E-state index in [-0.39, 0.29) is 5.91 Å². The number of piperazine rings is 1. The molecule has 0 radical (unpaired) electrons. The third-order valence-electron chi connectivity index (χ3n) is 3.70. The molecule has 0 aromatic carbocycles. The molecule has 0 unspecified atom stereocenters. The maximum Gasteiger partial charge on any atom is 0.246 e. The van der Waals surface area contributed by atoms with Crippen LogP contribution >= 0.6 is 11.3 Å². The van der Waals surface area contributed by atoms with Gasteiger partial charge in [0, 0.05) is 43.8 Å². The van der Waals surface area contributed by atoms with Crippen LogP contribution in [0.15, 0.2) is 23.8 Å². The zero-order valence-electron chi connectivity index (χ0n) is 11.5. The monoisotopic (exact) mass is 290 g/mol. The maximum absolute atomic E-state index is 12.2. The van der Waals surface area contributed by atoms with E-state index in [9.17, 15) is 4.79 Å². The molecule has 0 bridgehead atoms. The lowest BCUT2D eigenvalue weighted by Crippen LogP contribution is -2.48. The molecule has 2 aromatic heterocycles. The molecule has 1 amide bonds. The molecule has 0 N–H and O–H groups in total. The highest BCUT2D eigenvalue weighted by Gasteiger charge is 2.18. The molecule has 1 aliphatic heterocycles. The van der Waals surface area contributed by atoms with E-state index in [1.165, 1.54) is 0 Å². The quantitative estimate of drug-likeness (QED) is 0.806. The van der Waals surface area contributed by atoms with Crippen molar-refractivity contribution in [1.29, 1.82) is 0 Å². The Morgan fingerprint density at radius 1 is 1.40 bits per heavy atom. The maximum atomic E-state index is 12.2. The first kappa shape index (κ1) is 13.3. The van der Waals surface area contributed by atoms with Gasteiger partial charge in [0.1, 0.15) is 0 Å². The molecule has 20 heavy (non-hydrogen) atoms. The molecule has 0 aliphatic carbocycles. The van der Waals surface area contributed by atoms with E-state index < -0.39 is 0 Å². The van der Waals surface area contributed by atoms with E-state index in [1.807, 2.05) is 27.0 Å². The third-order valence-corrected chi connectivity index (χ3v) is 4.47. The van der Waals surface area contributed by atoms with Crippen LogP contribution in [0.5, 0.6) is 0 Å². The van der Waals surface area contributed by atoms with Gasteiger partial charge in [-0.1, -0.05) is 6.92 Å². The summed E-state index contributed by atoms with van der Waals surface area (Å²) in [7, 11) is 0. The Balaban J connectivity index is 1.64. The van der Waals surface area contributed by atoms with Crippen LogP contribution in [0.1, 0.15) is 12.6 Å². The molecular weight excluding hydrogens is 272 g/mol. The van der Waals surface area contributed by atoms with Crippen molar-refractivity contribution in [2.45, 2.75) is 6.92 Å². The fraction of sp³-hybridized carbons (Fsp3) is 0.429. The van der Waals surface area contributed by atoms with Crippen molar-refractivity contribution in [3.63, 3.8) is 0 Å². The van der Waals surface area contributed by atoms with E-state index in [2.05, 4.69) is 16.8 Å². The normalized spacial score (nSPS) is 17.4. The van der Waals surface area contributed by atoms with Crippen LogP contribution in [0, 0.1) is 0 Å². The van der Waals surface area contributed by atoms with E-state index in [0.717, 1.165) is 43.4 Å². The first-order valence-corrected chi connectivity index (χ1v) is 7.76. The van der Waals surface area contributed by atoms with Crippen molar-refractivity contribution in [1.82, 2.24) is 19.2 Å². The Morgan fingerprint density at radius 2 is 2.20 bits per heavy atom. The third kappa shape index (κ3) is 2.62. The van der Waals surface area contributed by atoms with Gasteiger partial charge in [0.2, 0.25) is 5.91 Å². The summed E-state index contributed by atoms with van der Waals surface area (Å²) in [5.74, 6) is 0.0888. The van der Waals surface area contributed by atoms with Gasteiger partial charge in [-0.05, 0) is 12.6 Å². The molecule has 1 aliphatic rings. The number of nitrogens with zero attached hydrogens (tertiary/aromatic N) is 4. The lowest BCUT2D eigenvalue weighted by Gasteiger charge is -2.33. The Morgan fingerprint density at radius 3 is 2.95 bits per heavy atom. The molecule has 1 saturated heterocycles. The number of fused-ring (bicyclic) bond motifs is 1. The van der Waals surface area contributed by atoms with Crippen LogP contribution in [0.4, 0.5) is 0 Å². The molecule has 0 saturated carbocycles. The minimum atomic E-state index is 0.0888. The lowest BCUT2D eigenvalue weighted by molar-refractivity contribution is -0.127. The van der Waals surface area contributed by atoms with Gasteiger partial charge in [0.25, 0.3) is 0 Å². The van der Waals surface area contributed by atoms with Crippen LogP contribution < -0.4 is 0 Å². The van der Waals surface area contributed by atoms with Gasteiger partial charge in [0.15, 0.2) is 4.96 Å². The number of amides is 1. The van der Waals surface area contributed by atoms with Crippen molar-refractivity contribution in [3.8, 4) is 0 Å². The predicted octanol–water partition coefficient (Wildman–Crippen LogP) is 1.57. The Labute approximate surface area is 122 Å². The minimum absolute atomic E-state index is 0.0888. The summed E-state index contributed by atoms with van der Waals surface area (Å²) in [6, 6.07) is 0. The van der Waals surface area contributed by atoms with Crippen molar-refractivity contribution < 1.29 is 4.79 Å². The fourth-order valence-corrected chi connectivity index (χ4v) is 3.11. The Bertz CT molecular complexity index is 622. The van der Waals surface area contributed by atoms with Crippen molar-refractivity contribution in [2.24, 2.45) is 0 Å². The SMILES string of the molecule is CCN1CCN(C(=O)/C=C/c2cnc3sccn23)CC1. The molecular formula is C14H18N4OS. The molecule has 106 valence electrons. The molecule has 3 rings (SSSR count). The van der Waals surface area contributed by atoms with Gasteiger partial charge in [-0.15, -0.1) is 11.3 Å². The van der Waals surface area contributed by atoms with Crippen molar-refractivity contribution in [2.75, 3.05) is 32.7 Å². The van der Waals surface area contributed by atoms with Gasteiger partial charge < -0.3 is 9.80 Å². The number of carbonyl (C=O) groups is 1. The Hall–Kier alpha value is -1.66. The number of hydrogen-bond acceptors (Lipinski definition) is 4. The summed E-state index contributed by atoms with van der Waals surface area (Å²) in [5.41, 5.74) is 0.946. The van der Waals surface area contributed by atoms with Gasteiger partial charge in [-0.25, -0.2) is 4.98 Å². The molecule has 6 heteroatoms. The minimum Gasteiger partial charge on any atom is -0.337 e. The van der Waals surface area contributed by atoms with Crippen LogP contribution in [-0.4, -0.2) is 57.8 Å². The molecule has 5 nitrogen and oxygen atoms in total. The summed E-state index contributed by atoms with van der Waals surface area (Å²) < 4.78 is 1.99. The second-order valence-electron chi connectivity index (χ2n) is 4.83.